The Kier molecular flexibility index (Phi) is 6.40. The zero-order valence-electron chi connectivity index (χ0n) is 18.0. The van der Waals surface area contributed by atoms with Crippen molar-refractivity contribution in [3.63, 3.8) is 0 Å². The summed E-state index contributed by atoms with van der Waals surface area (Å²) in [5.74, 6) is -0.636. The topological polar surface area (TPSA) is 87.5 Å². The maximum absolute atomic E-state index is 13.6. The Hall–Kier alpha value is -2.96. The maximum atomic E-state index is 13.6. The van der Waals surface area contributed by atoms with Gasteiger partial charge in [0, 0.05) is 5.39 Å². The van der Waals surface area contributed by atoms with Gasteiger partial charge in [-0.15, -0.1) is 11.3 Å². The molecular weight excluding hydrogens is 493 g/mol. The van der Waals surface area contributed by atoms with Crippen LogP contribution in [0.1, 0.15) is 25.1 Å². The van der Waals surface area contributed by atoms with E-state index < -0.39 is 33.8 Å². The molecule has 0 fully saturated rings. The number of benzene rings is 2. The number of thiazole rings is 1. The average molecular weight is 513 g/mol. The molecule has 12 heteroatoms. The highest BCUT2D eigenvalue weighted by molar-refractivity contribution is 7.90. The Balaban J connectivity index is 1.83. The lowest BCUT2D eigenvalue weighted by atomic mass is 10.1. The minimum Gasteiger partial charge on any atom is -0.464 e. The van der Waals surface area contributed by atoms with Crippen LogP contribution in [0.5, 0.6) is 0 Å². The zero-order valence-corrected chi connectivity index (χ0v) is 19.6. The van der Waals surface area contributed by atoms with Crippen molar-refractivity contribution in [3.8, 4) is 0 Å². The third-order valence-electron chi connectivity index (χ3n) is 5.10. The summed E-state index contributed by atoms with van der Waals surface area (Å²) in [5.41, 5.74) is 1.42. The number of fused-ring (bicyclic) bond motifs is 2. The van der Waals surface area contributed by atoms with Crippen molar-refractivity contribution in [1.29, 1.82) is 0 Å². The third-order valence-corrected chi connectivity index (χ3v) is 7.65. The Bertz CT molecular complexity index is 1470. The number of ether oxygens (including phenoxy) is 2. The average Bonchev–Trinajstić information content (AvgIpc) is 3.40. The van der Waals surface area contributed by atoms with Crippen molar-refractivity contribution in [2.45, 2.75) is 37.6 Å². The SMILES string of the molecule is CCOC(=O)C(C)OCc1cc2cc(C(F)(F)F)ccc2n1S(=O)(=O)c1ccc2ncsc2c1. The van der Waals surface area contributed by atoms with E-state index in [1.165, 1.54) is 36.5 Å². The molecule has 1 atom stereocenters. The Morgan fingerprint density at radius 1 is 1.18 bits per heavy atom. The predicted molar refractivity (Wildman–Crippen MR) is 120 cm³/mol. The summed E-state index contributed by atoms with van der Waals surface area (Å²) in [6.07, 6.45) is -5.60. The molecule has 7 nitrogen and oxygen atoms in total. The van der Waals surface area contributed by atoms with Gasteiger partial charge >= 0.3 is 12.1 Å². The van der Waals surface area contributed by atoms with E-state index in [1.54, 1.807) is 18.5 Å². The summed E-state index contributed by atoms with van der Waals surface area (Å²) < 4.78 is 79.0. The molecule has 4 rings (SSSR count). The van der Waals surface area contributed by atoms with Gasteiger partial charge in [0.15, 0.2) is 6.10 Å². The number of carbonyl (C=O) groups is 1. The molecular formula is C22H19F3N2O5S2. The summed E-state index contributed by atoms with van der Waals surface area (Å²) >= 11 is 1.26. The number of hydrogen-bond acceptors (Lipinski definition) is 7. The molecule has 0 radical (unpaired) electrons. The van der Waals surface area contributed by atoms with Crippen LogP contribution in [0.3, 0.4) is 0 Å². The molecule has 0 saturated heterocycles. The van der Waals surface area contributed by atoms with E-state index in [2.05, 4.69) is 4.98 Å². The van der Waals surface area contributed by atoms with E-state index in [-0.39, 0.29) is 34.7 Å². The quantitative estimate of drug-likeness (QED) is 0.325. The van der Waals surface area contributed by atoms with Gasteiger partial charge in [-0.25, -0.2) is 22.2 Å². The van der Waals surface area contributed by atoms with Crippen LogP contribution < -0.4 is 0 Å². The molecule has 0 N–H and O–H groups in total. The minimum atomic E-state index is -4.60. The number of carbonyl (C=O) groups excluding carboxylic acids is 1. The second-order valence-corrected chi connectivity index (χ2v) is 10.0. The number of alkyl halides is 3. The van der Waals surface area contributed by atoms with E-state index in [0.29, 0.717) is 10.2 Å². The molecule has 2 aromatic heterocycles. The van der Waals surface area contributed by atoms with Crippen LogP contribution in [0, 0.1) is 0 Å². The summed E-state index contributed by atoms with van der Waals surface area (Å²) in [6.45, 7) is 2.87. The van der Waals surface area contributed by atoms with Crippen molar-refractivity contribution in [2.24, 2.45) is 0 Å². The molecule has 0 aliphatic rings. The number of nitrogens with zero attached hydrogens (tertiary/aromatic N) is 2. The molecule has 0 aliphatic carbocycles. The fraction of sp³-hybridized carbons (Fsp3) is 0.273. The molecule has 0 spiro atoms. The molecule has 180 valence electrons. The van der Waals surface area contributed by atoms with Crippen LogP contribution in [0.4, 0.5) is 13.2 Å². The van der Waals surface area contributed by atoms with Crippen molar-refractivity contribution in [2.75, 3.05) is 6.61 Å². The lowest BCUT2D eigenvalue weighted by molar-refractivity contribution is -0.156. The van der Waals surface area contributed by atoms with Crippen molar-refractivity contribution < 1.29 is 35.9 Å². The van der Waals surface area contributed by atoms with Crippen LogP contribution in [0.2, 0.25) is 0 Å². The summed E-state index contributed by atoms with van der Waals surface area (Å²) in [6, 6.07) is 8.54. The van der Waals surface area contributed by atoms with E-state index in [1.807, 2.05) is 0 Å². The van der Waals surface area contributed by atoms with Gasteiger partial charge in [-0.1, -0.05) is 0 Å². The first-order valence-electron chi connectivity index (χ1n) is 10.1. The van der Waals surface area contributed by atoms with Crippen molar-refractivity contribution in [3.05, 3.63) is 59.2 Å². The van der Waals surface area contributed by atoms with Gasteiger partial charge in [0.1, 0.15) is 0 Å². The number of hydrogen-bond donors (Lipinski definition) is 0. The zero-order chi connectivity index (χ0) is 24.7. The van der Waals surface area contributed by atoms with Crippen molar-refractivity contribution >= 4 is 48.4 Å². The summed E-state index contributed by atoms with van der Waals surface area (Å²) in [5, 5.41) is 0.0691. The first kappa shape index (κ1) is 24.2. The maximum Gasteiger partial charge on any atom is 0.416 e. The third kappa shape index (κ3) is 4.52. The van der Waals surface area contributed by atoms with Gasteiger partial charge in [-0.05, 0) is 56.3 Å². The van der Waals surface area contributed by atoms with Gasteiger partial charge < -0.3 is 9.47 Å². The van der Waals surface area contributed by atoms with E-state index in [0.717, 1.165) is 22.2 Å². The molecule has 0 bridgehead atoms. The summed E-state index contributed by atoms with van der Waals surface area (Å²) in [4.78, 5) is 16.0. The number of rotatable bonds is 7. The van der Waals surface area contributed by atoms with Gasteiger partial charge in [0.2, 0.25) is 0 Å². The second-order valence-electron chi connectivity index (χ2n) is 7.36. The molecule has 0 amide bonds. The highest BCUT2D eigenvalue weighted by Crippen LogP contribution is 2.34. The van der Waals surface area contributed by atoms with E-state index in [4.69, 9.17) is 9.47 Å². The molecule has 2 aromatic carbocycles. The lowest BCUT2D eigenvalue weighted by Gasteiger charge is -2.15. The molecule has 2 heterocycles. The first-order chi connectivity index (χ1) is 16.0. The van der Waals surface area contributed by atoms with Crippen molar-refractivity contribution in [1.82, 2.24) is 8.96 Å². The minimum absolute atomic E-state index is 0.0543. The fourth-order valence-corrected chi connectivity index (χ4v) is 5.80. The Morgan fingerprint density at radius 2 is 1.94 bits per heavy atom. The Morgan fingerprint density at radius 3 is 2.65 bits per heavy atom. The van der Waals surface area contributed by atoms with Gasteiger partial charge in [0.25, 0.3) is 10.0 Å². The molecule has 0 aliphatic heterocycles. The van der Waals surface area contributed by atoms with Crippen LogP contribution in [-0.2, 0) is 37.1 Å². The standard InChI is InChI=1S/C22H19F3N2O5S2/c1-3-31-21(28)13(2)32-11-16-9-14-8-15(22(23,24)25)4-7-19(14)27(16)34(29,30)17-5-6-18-20(10-17)33-12-26-18/h4-10,12-13H,3,11H2,1-2H3. The van der Waals surface area contributed by atoms with Crippen LogP contribution in [0.15, 0.2) is 52.9 Å². The van der Waals surface area contributed by atoms with Gasteiger partial charge in [-0.3, -0.25) is 0 Å². The highest BCUT2D eigenvalue weighted by Gasteiger charge is 2.32. The number of halogens is 3. The molecule has 0 saturated carbocycles. The summed E-state index contributed by atoms with van der Waals surface area (Å²) in [7, 11) is -4.23. The molecule has 4 aromatic rings. The van der Waals surface area contributed by atoms with Crippen LogP contribution in [0.25, 0.3) is 21.1 Å². The molecule has 34 heavy (non-hydrogen) atoms. The largest absolute Gasteiger partial charge is 0.464 e. The van der Waals surface area contributed by atoms with Crippen LogP contribution >= 0.6 is 11.3 Å². The van der Waals surface area contributed by atoms with Gasteiger partial charge in [-0.2, -0.15) is 13.2 Å². The van der Waals surface area contributed by atoms with E-state index in [9.17, 15) is 26.4 Å². The number of esters is 1. The molecule has 1 unspecified atom stereocenters. The smallest absolute Gasteiger partial charge is 0.416 e. The monoisotopic (exact) mass is 512 g/mol. The predicted octanol–water partition coefficient (Wildman–Crippen LogP) is 4.98. The lowest BCUT2D eigenvalue weighted by Crippen LogP contribution is -2.24. The Labute approximate surface area is 196 Å². The van der Waals surface area contributed by atoms with E-state index >= 15 is 0 Å². The fourth-order valence-electron chi connectivity index (χ4n) is 3.45. The highest BCUT2D eigenvalue weighted by atomic mass is 32.2. The first-order valence-corrected chi connectivity index (χ1v) is 12.4. The second kappa shape index (κ2) is 9.01. The normalized spacial score (nSPS) is 13.4. The van der Waals surface area contributed by atoms with Gasteiger partial charge in [0.05, 0.1) is 50.6 Å². The van der Waals surface area contributed by atoms with Crippen LogP contribution in [-0.4, -0.2) is 36.1 Å². The number of aromatic nitrogens is 2.